The molecule has 0 bridgehead atoms. The maximum absolute atomic E-state index is 14.2. The van der Waals surface area contributed by atoms with E-state index in [1.807, 2.05) is 0 Å². The van der Waals surface area contributed by atoms with Gasteiger partial charge < -0.3 is 20.7 Å². The lowest BCUT2D eigenvalue weighted by atomic mass is 9.82. The molecule has 2 heterocycles. The minimum absolute atomic E-state index is 0.0547. The molecule has 1 saturated carbocycles. The number of carbonyl (C=O) groups is 4. The van der Waals surface area contributed by atoms with E-state index in [0.29, 0.717) is 32.6 Å². The van der Waals surface area contributed by atoms with E-state index in [1.165, 1.54) is 12.1 Å². The summed E-state index contributed by atoms with van der Waals surface area (Å²) >= 11 is 0. The lowest BCUT2D eigenvalue weighted by molar-refractivity contribution is -0.134. The second kappa shape index (κ2) is 10.5. The van der Waals surface area contributed by atoms with Crippen molar-refractivity contribution in [2.45, 2.75) is 44.1 Å². The summed E-state index contributed by atoms with van der Waals surface area (Å²) in [6, 6.07) is 3.23. The summed E-state index contributed by atoms with van der Waals surface area (Å²) in [5.41, 5.74) is -0.709. The largest absolute Gasteiger partial charge is 0.379 e. The number of nitrogens with zero attached hydrogens (tertiary/aromatic N) is 2. The van der Waals surface area contributed by atoms with Crippen LogP contribution < -0.4 is 16.0 Å². The molecule has 5 amide bonds. The highest BCUT2D eigenvalue weighted by Gasteiger charge is 2.51. The van der Waals surface area contributed by atoms with Crippen LogP contribution in [0.5, 0.6) is 0 Å². The van der Waals surface area contributed by atoms with Gasteiger partial charge in [0.25, 0.3) is 5.91 Å². The lowest BCUT2D eigenvalue weighted by Gasteiger charge is -2.30. The van der Waals surface area contributed by atoms with Crippen LogP contribution in [0.3, 0.4) is 0 Å². The topological polar surface area (TPSA) is 120 Å². The van der Waals surface area contributed by atoms with Crippen molar-refractivity contribution in [3.63, 3.8) is 0 Å². The second-order valence-electron chi connectivity index (χ2n) is 8.96. The second-order valence-corrected chi connectivity index (χ2v) is 8.96. The van der Waals surface area contributed by atoms with E-state index in [0.717, 1.165) is 43.3 Å². The zero-order valence-electron chi connectivity index (χ0n) is 19.0. The van der Waals surface area contributed by atoms with Crippen LogP contribution in [0.2, 0.25) is 0 Å². The molecule has 3 aliphatic rings. The highest BCUT2D eigenvalue weighted by molar-refractivity contribution is 6.10. The van der Waals surface area contributed by atoms with Crippen LogP contribution in [-0.2, 0) is 19.1 Å². The Morgan fingerprint density at radius 1 is 1.06 bits per heavy atom. The molecular weight excluding hydrogens is 445 g/mol. The minimum atomic E-state index is -0.899. The molecule has 10 nitrogen and oxygen atoms in total. The fraction of sp³-hybridized carbons (Fsp3) is 0.565. The third-order valence-electron chi connectivity index (χ3n) is 6.54. The Morgan fingerprint density at radius 2 is 1.79 bits per heavy atom. The van der Waals surface area contributed by atoms with Crippen molar-refractivity contribution < 1.29 is 28.3 Å². The Morgan fingerprint density at radius 3 is 2.53 bits per heavy atom. The third-order valence-corrected chi connectivity index (χ3v) is 6.54. The van der Waals surface area contributed by atoms with Gasteiger partial charge in [0.2, 0.25) is 11.8 Å². The molecule has 3 N–H and O–H groups in total. The maximum Gasteiger partial charge on any atom is 0.325 e. The number of benzene rings is 1. The molecular formula is C23H30FN5O5. The predicted octanol–water partition coefficient (Wildman–Crippen LogP) is 1.68. The molecule has 11 heteroatoms. The van der Waals surface area contributed by atoms with E-state index in [1.54, 1.807) is 0 Å². The van der Waals surface area contributed by atoms with Crippen molar-refractivity contribution in [1.29, 1.82) is 0 Å². The van der Waals surface area contributed by atoms with E-state index < -0.39 is 29.8 Å². The molecule has 0 atom stereocenters. The molecule has 2 aliphatic heterocycles. The summed E-state index contributed by atoms with van der Waals surface area (Å²) in [7, 11) is 0. The number of urea groups is 1. The summed E-state index contributed by atoms with van der Waals surface area (Å²) in [6.07, 6.45) is 4.06. The average Bonchev–Trinajstić information content (AvgIpc) is 3.04. The molecule has 184 valence electrons. The van der Waals surface area contributed by atoms with Crippen LogP contribution in [0.25, 0.3) is 0 Å². The Labute approximate surface area is 197 Å². The highest BCUT2D eigenvalue weighted by atomic mass is 19.1. The molecule has 0 radical (unpaired) electrons. The number of amides is 5. The molecule has 1 aromatic rings. The molecule has 1 spiro atoms. The van der Waals surface area contributed by atoms with Crippen molar-refractivity contribution in [2.24, 2.45) is 0 Å². The molecule has 4 rings (SSSR count). The van der Waals surface area contributed by atoms with Gasteiger partial charge in [-0.1, -0.05) is 19.3 Å². The lowest BCUT2D eigenvalue weighted by Crippen LogP contribution is -2.48. The number of imide groups is 1. The van der Waals surface area contributed by atoms with Gasteiger partial charge in [0, 0.05) is 31.7 Å². The van der Waals surface area contributed by atoms with Gasteiger partial charge in [-0.3, -0.25) is 24.2 Å². The van der Waals surface area contributed by atoms with Gasteiger partial charge in [-0.05, 0) is 31.0 Å². The first-order chi connectivity index (χ1) is 16.4. The standard InChI is InChI=1S/C23H30FN5O5/c24-17-5-4-16(14-18(17)26-19(30)6-9-28-10-12-34-13-11-28)25-20(31)15-29-21(32)23(27-22(29)33)7-2-1-3-8-23/h4-5,14H,1-3,6-13,15H2,(H,25,31)(H,26,30)(H,27,33). The van der Waals surface area contributed by atoms with Crippen LogP contribution >= 0.6 is 0 Å². The SMILES string of the molecule is O=C(CN1C(=O)NC2(CCCCC2)C1=O)Nc1ccc(F)c(NC(=O)CCN2CCOCC2)c1. The number of hydrogen-bond donors (Lipinski definition) is 3. The number of carbonyl (C=O) groups excluding carboxylic acids is 4. The van der Waals surface area contributed by atoms with Gasteiger partial charge >= 0.3 is 6.03 Å². The van der Waals surface area contributed by atoms with Crippen molar-refractivity contribution in [1.82, 2.24) is 15.1 Å². The highest BCUT2D eigenvalue weighted by Crippen LogP contribution is 2.33. The predicted molar refractivity (Wildman–Crippen MR) is 122 cm³/mol. The van der Waals surface area contributed by atoms with Gasteiger partial charge in [0.1, 0.15) is 17.9 Å². The fourth-order valence-electron chi connectivity index (χ4n) is 4.65. The van der Waals surface area contributed by atoms with Crippen molar-refractivity contribution in [3.05, 3.63) is 24.0 Å². The van der Waals surface area contributed by atoms with Crippen molar-refractivity contribution in [2.75, 3.05) is 50.0 Å². The van der Waals surface area contributed by atoms with Gasteiger partial charge in [0.15, 0.2) is 0 Å². The van der Waals surface area contributed by atoms with Crippen molar-refractivity contribution >= 4 is 35.1 Å². The van der Waals surface area contributed by atoms with Gasteiger partial charge in [-0.15, -0.1) is 0 Å². The third kappa shape index (κ3) is 5.53. The molecule has 1 aliphatic carbocycles. The van der Waals surface area contributed by atoms with E-state index >= 15 is 0 Å². The first-order valence-corrected chi connectivity index (χ1v) is 11.7. The van der Waals surface area contributed by atoms with Gasteiger partial charge in [0.05, 0.1) is 18.9 Å². The van der Waals surface area contributed by atoms with Crippen LogP contribution in [0.15, 0.2) is 18.2 Å². The average molecular weight is 476 g/mol. The summed E-state index contributed by atoms with van der Waals surface area (Å²) < 4.78 is 19.5. The smallest absolute Gasteiger partial charge is 0.325 e. The Bertz CT molecular complexity index is 959. The van der Waals surface area contributed by atoms with Crippen LogP contribution in [0.4, 0.5) is 20.6 Å². The molecule has 1 aromatic carbocycles. The van der Waals surface area contributed by atoms with Crippen LogP contribution in [0, 0.1) is 5.82 Å². The van der Waals surface area contributed by atoms with E-state index in [4.69, 9.17) is 4.74 Å². The summed E-state index contributed by atoms with van der Waals surface area (Å²) in [4.78, 5) is 53.0. The molecule has 0 unspecified atom stereocenters. The first kappa shape index (κ1) is 24.1. The zero-order valence-corrected chi connectivity index (χ0v) is 19.0. The Hall–Kier alpha value is -3.05. The summed E-state index contributed by atoms with van der Waals surface area (Å²) in [6.45, 7) is 2.86. The van der Waals surface area contributed by atoms with Gasteiger partial charge in [-0.2, -0.15) is 0 Å². The van der Waals surface area contributed by atoms with E-state index in [2.05, 4.69) is 20.9 Å². The number of halogens is 1. The monoisotopic (exact) mass is 475 g/mol. The minimum Gasteiger partial charge on any atom is -0.379 e. The van der Waals surface area contributed by atoms with Gasteiger partial charge in [-0.25, -0.2) is 9.18 Å². The number of hydrogen-bond acceptors (Lipinski definition) is 6. The van der Waals surface area contributed by atoms with Crippen molar-refractivity contribution in [3.8, 4) is 0 Å². The number of nitrogens with one attached hydrogen (secondary N) is 3. The normalized spacial score (nSPS) is 20.3. The van der Waals surface area contributed by atoms with E-state index in [-0.39, 0.29) is 29.6 Å². The Kier molecular flexibility index (Phi) is 7.42. The fourth-order valence-corrected chi connectivity index (χ4v) is 4.65. The zero-order chi connectivity index (χ0) is 24.1. The van der Waals surface area contributed by atoms with Crippen LogP contribution in [-0.4, -0.2) is 78.5 Å². The first-order valence-electron chi connectivity index (χ1n) is 11.7. The molecule has 2 saturated heterocycles. The number of rotatable bonds is 7. The molecule has 34 heavy (non-hydrogen) atoms. The number of ether oxygens (including phenoxy) is 1. The maximum atomic E-state index is 14.2. The Balaban J connectivity index is 1.31. The summed E-state index contributed by atoms with van der Waals surface area (Å²) in [5.74, 6) is -1.94. The molecule has 0 aromatic heterocycles. The molecule has 3 fully saturated rings. The number of anilines is 2. The summed E-state index contributed by atoms with van der Waals surface area (Å²) in [5, 5.41) is 7.87. The van der Waals surface area contributed by atoms with Crippen LogP contribution in [0.1, 0.15) is 38.5 Å². The van der Waals surface area contributed by atoms with E-state index in [9.17, 15) is 23.6 Å². The number of morpholine rings is 1. The quantitative estimate of drug-likeness (QED) is 0.516.